The first kappa shape index (κ1) is 11.5. The van der Waals surface area contributed by atoms with Crippen LogP contribution in [0, 0.1) is 5.41 Å². The highest BCUT2D eigenvalue weighted by atomic mass is 16.1. The summed E-state index contributed by atoms with van der Waals surface area (Å²) in [5.74, 6) is 0. The summed E-state index contributed by atoms with van der Waals surface area (Å²) in [7, 11) is 0. The van der Waals surface area contributed by atoms with Crippen molar-refractivity contribution in [1.29, 1.82) is 0 Å². The topological polar surface area (TPSA) is 44.9 Å². The Balaban J connectivity index is 1.83. The number of H-pyrrole nitrogens is 1. The average Bonchev–Trinajstić information content (AvgIpc) is 2.94. The molecule has 1 aliphatic rings. The minimum Gasteiger partial charge on any atom is -0.322 e. The van der Waals surface area contributed by atoms with Crippen LogP contribution in [-0.4, -0.2) is 11.0 Å². The molecule has 0 unspecified atom stereocenters. The second-order valence-corrected chi connectivity index (χ2v) is 5.84. The van der Waals surface area contributed by atoms with Crippen molar-refractivity contribution >= 4 is 10.9 Å². The molecule has 1 aromatic heterocycles. The molecule has 1 atom stereocenters. The molecule has 18 heavy (non-hydrogen) atoms. The molecule has 1 aromatic carbocycles. The molecule has 0 spiro atoms. The van der Waals surface area contributed by atoms with E-state index in [1.807, 2.05) is 30.3 Å². The summed E-state index contributed by atoms with van der Waals surface area (Å²) in [4.78, 5) is 14.9. The van der Waals surface area contributed by atoms with Gasteiger partial charge in [-0.15, -0.1) is 0 Å². The molecule has 0 bridgehead atoms. The van der Waals surface area contributed by atoms with Crippen molar-refractivity contribution in [3.63, 3.8) is 0 Å². The second-order valence-electron chi connectivity index (χ2n) is 5.84. The van der Waals surface area contributed by atoms with Gasteiger partial charge >= 0.3 is 0 Å². The molecule has 94 valence electrons. The average molecular weight is 242 g/mol. The zero-order chi connectivity index (χ0) is 12.8. The molecule has 1 fully saturated rings. The van der Waals surface area contributed by atoms with Crippen LogP contribution in [0.15, 0.2) is 35.1 Å². The minimum atomic E-state index is 0.0136. The number of para-hydroxylation sites is 1. The lowest BCUT2D eigenvalue weighted by Crippen LogP contribution is -2.24. The molecular formula is C15H18N2O. The van der Waals surface area contributed by atoms with E-state index in [1.54, 1.807) is 0 Å². The Morgan fingerprint density at radius 3 is 2.83 bits per heavy atom. The van der Waals surface area contributed by atoms with Crippen LogP contribution >= 0.6 is 0 Å². The Kier molecular flexibility index (Phi) is 2.52. The van der Waals surface area contributed by atoms with Gasteiger partial charge in [-0.3, -0.25) is 4.79 Å². The molecule has 0 saturated heterocycles. The fourth-order valence-electron chi connectivity index (χ4n) is 2.37. The van der Waals surface area contributed by atoms with Gasteiger partial charge in [-0.25, -0.2) is 0 Å². The molecule has 0 amide bonds. The van der Waals surface area contributed by atoms with E-state index < -0.39 is 0 Å². The summed E-state index contributed by atoms with van der Waals surface area (Å²) in [6.07, 6.45) is 1.19. The van der Waals surface area contributed by atoms with E-state index in [0.29, 0.717) is 18.0 Å². The van der Waals surface area contributed by atoms with E-state index in [2.05, 4.69) is 24.1 Å². The normalized spacial score (nSPS) is 21.1. The van der Waals surface area contributed by atoms with Gasteiger partial charge in [0.1, 0.15) is 0 Å². The molecule has 3 rings (SSSR count). The quantitative estimate of drug-likeness (QED) is 0.868. The van der Waals surface area contributed by atoms with Crippen molar-refractivity contribution in [2.24, 2.45) is 5.41 Å². The lowest BCUT2D eigenvalue weighted by Gasteiger charge is -2.07. The maximum Gasteiger partial charge on any atom is 0.252 e. The Bertz CT molecular complexity index is 642. The summed E-state index contributed by atoms with van der Waals surface area (Å²) < 4.78 is 0. The molecule has 3 nitrogen and oxygen atoms in total. The highest BCUT2D eigenvalue weighted by molar-refractivity contribution is 5.78. The van der Waals surface area contributed by atoms with Gasteiger partial charge in [-0.1, -0.05) is 32.0 Å². The zero-order valence-electron chi connectivity index (χ0n) is 10.8. The molecule has 1 aliphatic carbocycles. The summed E-state index contributed by atoms with van der Waals surface area (Å²) in [5, 5.41) is 4.54. The van der Waals surface area contributed by atoms with Gasteiger partial charge in [0.15, 0.2) is 0 Å². The summed E-state index contributed by atoms with van der Waals surface area (Å²) in [6.45, 7) is 5.14. The van der Waals surface area contributed by atoms with Gasteiger partial charge in [0.25, 0.3) is 5.56 Å². The number of hydrogen-bond acceptors (Lipinski definition) is 2. The Labute approximate surface area is 106 Å². The van der Waals surface area contributed by atoms with Gasteiger partial charge in [0, 0.05) is 23.7 Å². The number of fused-ring (bicyclic) bond motifs is 1. The first-order valence-electron chi connectivity index (χ1n) is 6.41. The molecule has 1 heterocycles. The molecule has 2 aromatic rings. The second kappa shape index (κ2) is 3.95. The third kappa shape index (κ3) is 2.06. The van der Waals surface area contributed by atoms with Crippen LogP contribution < -0.4 is 10.9 Å². The number of nitrogens with one attached hydrogen (secondary N) is 2. The minimum absolute atomic E-state index is 0.0136. The Morgan fingerprint density at radius 2 is 2.11 bits per heavy atom. The number of aromatic amines is 1. The van der Waals surface area contributed by atoms with Crippen molar-refractivity contribution in [3.05, 3.63) is 46.2 Å². The first-order valence-corrected chi connectivity index (χ1v) is 6.41. The standard InChI is InChI=1S/C15H18N2O/c1-15(2)8-13(15)16-9-11-7-10-5-3-4-6-12(10)17-14(11)18/h3-7,13,16H,8-9H2,1-2H3,(H,17,18)/t13-/m0/s1. The number of pyridine rings is 1. The van der Waals surface area contributed by atoms with E-state index in [-0.39, 0.29) is 5.56 Å². The molecular weight excluding hydrogens is 224 g/mol. The van der Waals surface area contributed by atoms with Crippen molar-refractivity contribution in [1.82, 2.24) is 10.3 Å². The number of aromatic nitrogens is 1. The molecule has 2 N–H and O–H groups in total. The summed E-state index contributed by atoms with van der Waals surface area (Å²) in [6, 6.07) is 10.4. The first-order chi connectivity index (χ1) is 8.56. The van der Waals surface area contributed by atoms with Gasteiger partial charge < -0.3 is 10.3 Å². The zero-order valence-corrected chi connectivity index (χ0v) is 10.8. The van der Waals surface area contributed by atoms with Gasteiger partial charge in [0.05, 0.1) is 0 Å². The highest BCUT2D eigenvalue weighted by Gasteiger charge is 2.45. The SMILES string of the molecule is CC1(C)C[C@@H]1NCc1cc2ccccc2[nH]c1=O. The smallest absolute Gasteiger partial charge is 0.252 e. The van der Waals surface area contributed by atoms with Crippen molar-refractivity contribution < 1.29 is 0 Å². The van der Waals surface area contributed by atoms with Crippen LogP contribution in [-0.2, 0) is 6.54 Å². The lowest BCUT2D eigenvalue weighted by molar-refractivity contribution is 0.541. The lowest BCUT2D eigenvalue weighted by atomic mass is 10.1. The van der Waals surface area contributed by atoms with Gasteiger partial charge in [0.2, 0.25) is 0 Å². The van der Waals surface area contributed by atoms with Crippen LogP contribution in [0.3, 0.4) is 0 Å². The van der Waals surface area contributed by atoms with Crippen molar-refractivity contribution in [3.8, 4) is 0 Å². The van der Waals surface area contributed by atoms with Crippen molar-refractivity contribution in [2.45, 2.75) is 32.9 Å². The molecule has 3 heteroatoms. The maximum absolute atomic E-state index is 11.9. The predicted molar refractivity (Wildman–Crippen MR) is 73.6 cm³/mol. The van der Waals surface area contributed by atoms with Crippen LogP contribution in [0.5, 0.6) is 0 Å². The van der Waals surface area contributed by atoms with Gasteiger partial charge in [-0.2, -0.15) is 0 Å². The van der Waals surface area contributed by atoms with Crippen LogP contribution in [0.2, 0.25) is 0 Å². The van der Waals surface area contributed by atoms with E-state index in [0.717, 1.165) is 16.5 Å². The third-order valence-electron chi connectivity index (χ3n) is 3.88. The van der Waals surface area contributed by atoms with Crippen LogP contribution in [0.1, 0.15) is 25.8 Å². The monoisotopic (exact) mass is 242 g/mol. The largest absolute Gasteiger partial charge is 0.322 e. The predicted octanol–water partition coefficient (Wildman–Crippen LogP) is 2.42. The Hall–Kier alpha value is -1.61. The maximum atomic E-state index is 11.9. The Morgan fingerprint density at radius 1 is 1.39 bits per heavy atom. The molecule has 0 aliphatic heterocycles. The third-order valence-corrected chi connectivity index (χ3v) is 3.88. The summed E-state index contributed by atoms with van der Waals surface area (Å²) >= 11 is 0. The van der Waals surface area contributed by atoms with Crippen LogP contribution in [0.4, 0.5) is 0 Å². The van der Waals surface area contributed by atoms with Crippen LogP contribution in [0.25, 0.3) is 10.9 Å². The van der Waals surface area contributed by atoms with E-state index in [9.17, 15) is 4.79 Å². The fraction of sp³-hybridized carbons (Fsp3) is 0.400. The fourth-order valence-corrected chi connectivity index (χ4v) is 2.37. The molecule has 0 radical (unpaired) electrons. The highest BCUT2D eigenvalue weighted by Crippen LogP contribution is 2.44. The van der Waals surface area contributed by atoms with E-state index >= 15 is 0 Å². The van der Waals surface area contributed by atoms with Crippen molar-refractivity contribution in [2.75, 3.05) is 0 Å². The van der Waals surface area contributed by atoms with Gasteiger partial charge in [-0.05, 0) is 29.4 Å². The van der Waals surface area contributed by atoms with E-state index in [4.69, 9.17) is 0 Å². The molecule has 1 saturated carbocycles. The van der Waals surface area contributed by atoms with E-state index in [1.165, 1.54) is 6.42 Å². The number of rotatable bonds is 3. The summed E-state index contributed by atoms with van der Waals surface area (Å²) in [5.41, 5.74) is 2.12. The number of hydrogen-bond donors (Lipinski definition) is 2. The number of benzene rings is 1.